The van der Waals surface area contributed by atoms with E-state index in [1.165, 1.54) is 0 Å². The fourth-order valence-corrected chi connectivity index (χ4v) is 1.89. The van der Waals surface area contributed by atoms with Crippen molar-refractivity contribution < 1.29 is 4.74 Å². The predicted molar refractivity (Wildman–Crippen MR) is 78.9 cm³/mol. The summed E-state index contributed by atoms with van der Waals surface area (Å²) in [5.41, 5.74) is 5.01. The molecule has 0 fully saturated rings. The Balaban J connectivity index is 1.93. The molecule has 0 atom stereocenters. The van der Waals surface area contributed by atoms with E-state index in [1.54, 1.807) is 13.3 Å². The van der Waals surface area contributed by atoms with E-state index in [1.807, 2.05) is 48.5 Å². The van der Waals surface area contributed by atoms with Gasteiger partial charge in [0.05, 0.1) is 19.9 Å². The highest BCUT2D eigenvalue weighted by Gasteiger charge is 1.99. The molecule has 0 aliphatic carbocycles. The number of nitrogens with zero attached hydrogens (tertiary/aromatic N) is 1. The van der Waals surface area contributed by atoms with Crippen LogP contribution >= 0.6 is 11.6 Å². The third-order valence-electron chi connectivity index (χ3n) is 2.62. The number of para-hydroxylation sites is 1. The smallest absolute Gasteiger partial charge is 0.123 e. The zero-order valence-electron chi connectivity index (χ0n) is 10.6. The molecule has 0 saturated carbocycles. The average molecular weight is 275 g/mol. The van der Waals surface area contributed by atoms with Gasteiger partial charge < -0.3 is 10.2 Å². The van der Waals surface area contributed by atoms with Gasteiger partial charge in [0.2, 0.25) is 0 Å². The lowest BCUT2D eigenvalue weighted by atomic mass is 10.2. The minimum absolute atomic E-state index is 0.612. The first-order valence-electron chi connectivity index (χ1n) is 5.93. The Morgan fingerprint density at radius 2 is 2.05 bits per heavy atom. The van der Waals surface area contributed by atoms with E-state index in [0.29, 0.717) is 11.6 Å². The average Bonchev–Trinajstić information content (AvgIpc) is 2.44. The third-order valence-corrected chi connectivity index (χ3v) is 2.85. The van der Waals surface area contributed by atoms with Gasteiger partial charge in [-0.2, -0.15) is 5.10 Å². The van der Waals surface area contributed by atoms with Crippen LogP contribution in [0.25, 0.3) is 0 Å². The van der Waals surface area contributed by atoms with Crippen molar-refractivity contribution in [2.24, 2.45) is 5.10 Å². The van der Waals surface area contributed by atoms with Gasteiger partial charge in [0, 0.05) is 10.6 Å². The van der Waals surface area contributed by atoms with Crippen molar-refractivity contribution in [3.63, 3.8) is 0 Å². The summed E-state index contributed by atoms with van der Waals surface area (Å²) >= 11 is 5.89. The van der Waals surface area contributed by atoms with Crippen LogP contribution in [0.15, 0.2) is 53.6 Å². The molecule has 0 amide bonds. The second-order valence-electron chi connectivity index (χ2n) is 3.96. The number of benzene rings is 2. The molecule has 0 aromatic heterocycles. The van der Waals surface area contributed by atoms with Crippen molar-refractivity contribution in [1.29, 1.82) is 0 Å². The minimum Gasteiger partial charge on any atom is -0.496 e. The van der Waals surface area contributed by atoms with Crippen LogP contribution in [0.5, 0.6) is 5.75 Å². The van der Waals surface area contributed by atoms with Crippen LogP contribution in [0, 0.1) is 0 Å². The fraction of sp³-hybridized carbons (Fsp3) is 0.133. The molecule has 0 bridgehead atoms. The molecule has 2 aromatic carbocycles. The number of hydrogen-bond donors (Lipinski definition) is 1. The standard InChI is InChI=1S/C15H15ClN2O/c1-19-15-8-3-2-6-13(15)11-18-17-10-12-5-4-7-14(16)9-12/h2-10,18H,11H2,1H3/b17-10+. The lowest BCUT2D eigenvalue weighted by molar-refractivity contribution is 0.408. The zero-order valence-corrected chi connectivity index (χ0v) is 11.4. The van der Waals surface area contributed by atoms with Crippen molar-refractivity contribution in [1.82, 2.24) is 5.43 Å². The molecule has 3 nitrogen and oxygen atoms in total. The maximum atomic E-state index is 5.89. The highest BCUT2D eigenvalue weighted by atomic mass is 35.5. The molecule has 2 rings (SSSR count). The number of rotatable bonds is 5. The van der Waals surface area contributed by atoms with E-state index in [9.17, 15) is 0 Å². The maximum Gasteiger partial charge on any atom is 0.123 e. The summed E-state index contributed by atoms with van der Waals surface area (Å²) in [6.07, 6.45) is 1.74. The number of methoxy groups -OCH3 is 1. The van der Waals surface area contributed by atoms with E-state index in [-0.39, 0.29) is 0 Å². The Morgan fingerprint density at radius 3 is 2.84 bits per heavy atom. The number of hydrogen-bond acceptors (Lipinski definition) is 3. The van der Waals surface area contributed by atoms with E-state index < -0.39 is 0 Å². The highest BCUT2D eigenvalue weighted by Crippen LogP contribution is 2.16. The van der Waals surface area contributed by atoms with Crippen molar-refractivity contribution in [3.05, 3.63) is 64.7 Å². The van der Waals surface area contributed by atoms with Crippen molar-refractivity contribution in [2.75, 3.05) is 7.11 Å². The molecule has 0 aliphatic heterocycles. The largest absolute Gasteiger partial charge is 0.496 e. The second-order valence-corrected chi connectivity index (χ2v) is 4.40. The Morgan fingerprint density at radius 1 is 1.21 bits per heavy atom. The molecular weight excluding hydrogens is 260 g/mol. The number of nitrogens with one attached hydrogen (secondary N) is 1. The van der Waals surface area contributed by atoms with Crippen LogP contribution in [0.2, 0.25) is 5.02 Å². The first-order chi connectivity index (χ1) is 9.29. The van der Waals surface area contributed by atoms with Crippen LogP contribution in [0.3, 0.4) is 0 Å². The maximum absolute atomic E-state index is 5.89. The molecule has 4 heteroatoms. The van der Waals surface area contributed by atoms with Crippen molar-refractivity contribution in [3.8, 4) is 5.75 Å². The molecule has 0 aliphatic rings. The fourth-order valence-electron chi connectivity index (χ4n) is 1.69. The summed E-state index contributed by atoms with van der Waals surface area (Å²) in [7, 11) is 1.66. The number of ether oxygens (including phenoxy) is 1. The molecule has 0 unspecified atom stereocenters. The number of hydrazone groups is 1. The first kappa shape index (κ1) is 13.4. The van der Waals surface area contributed by atoms with Gasteiger partial charge in [-0.05, 0) is 23.8 Å². The van der Waals surface area contributed by atoms with Crippen LogP contribution < -0.4 is 10.2 Å². The quantitative estimate of drug-likeness (QED) is 0.669. The van der Waals surface area contributed by atoms with Gasteiger partial charge in [0.25, 0.3) is 0 Å². The van der Waals surface area contributed by atoms with Gasteiger partial charge in [0.1, 0.15) is 5.75 Å². The number of halogens is 1. The van der Waals surface area contributed by atoms with Gasteiger partial charge >= 0.3 is 0 Å². The summed E-state index contributed by atoms with van der Waals surface area (Å²) in [5, 5.41) is 4.87. The van der Waals surface area contributed by atoms with E-state index in [4.69, 9.17) is 16.3 Å². The van der Waals surface area contributed by atoms with Crippen LogP contribution in [-0.2, 0) is 6.54 Å². The summed E-state index contributed by atoms with van der Waals surface area (Å²) < 4.78 is 5.27. The van der Waals surface area contributed by atoms with Crippen molar-refractivity contribution in [2.45, 2.75) is 6.54 Å². The highest BCUT2D eigenvalue weighted by molar-refractivity contribution is 6.30. The van der Waals surface area contributed by atoms with Crippen LogP contribution in [0.1, 0.15) is 11.1 Å². The SMILES string of the molecule is COc1ccccc1CN/N=C/c1cccc(Cl)c1. The summed E-state index contributed by atoms with van der Waals surface area (Å²) in [6, 6.07) is 15.4. The molecule has 0 radical (unpaired) electrons. The van der Waals surface area contributed by atoms with Gasteiger partial charge in [-0.25, -0.2) is 0 Å². The van der Waals surface area contributed by atoms with E-state index >= 15 is 0 Å². The monoisotopic (exact) mass is 274 g/mol. The Hall–Kier alpha value is -2.00. The van der Waals surface area contributed by atoms with Gasteiger partial charge in [-0.3, -0.25) is 0 Å². The van der Waals surface area contributed by atoms with Crippen molar-refractivity contribution >= 4 is 17.8 Å². The minimum atomic E-state index is 0.612. The van der Waals surface area contributed by atoms with Crippen LogP contribution in [0.4, 0.5) is 0 Å². The van der Waals surface area contributed by atoms with Crippen LogP contribution in [-0.4, -0.2) is 13.3 Å². The molecule has 0 spiro atoms. The van der Waals surface area contributed by atoms with Gasteiger partial charge in [-0.1, -0.05) is 41.9 Å². The Labute approximate surface area is 117 Å². The summed E-state index contributed by atoms with van der Waals surface area (Å²) in [4.78, 5) is 0. The Kier molecular flexibility index (Phi) is 4.81. The molecule has 19 heavy (non-hydrogen) atoms. The molecule has 98 valence electrons. The normalized spacial score (nSPS) is 10.6. The summed E-state index contributed by atoms with van der Waals surface area (Å²) in [6.45, 7) is 0.612. The Bertz CT molecular complexity index is 570. The third kappa shape index (κ3) is 4.00. The zero-order chi connectivity index (χ0) is 13.5. The van der Waals surface area contributed by atoms with E-state index in [2.05, 4.69) is 10.5 Å². The lowest BCUT2D eigenvalue weighted by Gasteiger charge is -2.07. The first-order valence-corrected chi connectivity index (χ1v) is 6.31. The lowest BCUT2D eigenvalue weighted by Crippen LogP contribution is -2.06. The second kappa shape index (κ2) is 6.81. The van der Waals surface area contributed by atoms with Gasteiger partial charge in [-0.15, -0.1) is 0 Å². The molecule has 2 aromatic rings. The molecular formula is C15H15ClN2O. The molecule has 0 saturated heterocycles. The summed E-state index contributed by atoms with van der Waals surface area (Å²) in [5.74, 6) is 0.855. The molecule has 0 heterocycles. The topological polar surface area (TPSA) is 33.6 Å². The van der Waals surface area contributed by atoms with Gasteiger partial charge in [0.15, 0.2) is 0 Å². The molecule has 1 N–H and O–H groups in total. The predicted octanol–water partition coefficient (Wildman–Crippen LogP) is 3.47. The van der Waals surface area contributed by atoms with E-state index in [0.717, 1.165) is 16.9 Å².